The van der Waals surface area contributed by atoms with Crippen molar-refractivity contribution in [3.63, 3.8) is 0 Å². The van der Waals surface area contributed by atoms with E-state index in [4.69, 9.17) is 12.2 Å². The third-order valence-corrected chi connectivity index (χ3v) is 3.64. The highest BCUT2D eigenvalue weighted by atomic mass is 32.1. The van der Waals surface area contributed by atoms with Crippen LogP contribution in [-0.2, 0) is 4.79 Å². The topological polar surface area (TPSA) is 44.4 Å². The summed E-state index contributed by atoms with van der Waals surface area (Å²) in [6, 6.07) is 8.36. The molecule has 122 valence electrons. The number of nitrogens with one attached hydrogen (secondary N) is 2. The van der Waals surface area contributed by atoms with Gasteiger partial charge < -0.3 is 15.5 Å². The Morgan fingerprint density at radius 2 is 1.77 bits per heavy atom. The summed E-state index contributed by atoms with van der Waals surface area (Å²) in [6.07, 6.45) is 0. The van der Waals surface area contributed by atoms with Gasteiger partial charge in [-0.15, -0.1) is 0 Å². The molecular weight excluding hydrogens is 294 g/mol. The fraction of sp³-hybridized carbons (Fsp3) is 0.529. The van der Waals surface area contributed by atoms with Crippen LogP contribution in [0.25, 0.3) is 0 Å². The lowest BCUT2D eigenvalue weighted by atomic mass is 10.0. The molecule has 0 spiro atoms. The summed E-state index contributed by atoms with van der Waals surface area (Å²) in [7, 11) is 0. The molecule has 0 bridgehead atoms. The second-order valence-electron chi connectivity index (χ2n) is 5.94. The maximum Gasteiger partial charge on any atom is 0.239 e. The van der Waals surface area contributed by atoms with Crippen molar-refractivity contribution < 1.29 is 4.79 Å². The minimum absolute atomic E-state index is 0.0174. The van der Waals surface area contributed by atoms with E-state index in [9.17, 15) is 4.79 Å². The molecule has 0 saturated carbocycles. The molecular formula is C17H27N3OS. The van der Waals surface area contributed by atoms with Crippen LogP contribution in [0, 0.1) is 0 Å². The van der Waals surface area contributed by atoms with Gasteiger partial charge in [-0.25, -0.2) is 0 Å². The van der Waals surface area contributed by atoms with Crippen molar-refractivity contribution in [3.8, 4) is 0 Å². The van der Waals surface area contributed by atoms with Crippen molar-refractivity contribution in [3.05, 3.63) is 29.8 Å². The van der Waals surface area contributed by atoms with E-state index in [-0.39, 0.29) is 18.5 Å². The second-order valence-corrected chi connectivity index (χ2v) is 6.33. The van der Waals surface area contributed by atoms with Crippen LogP contribution >= 0.6 is 12.2 Å². The molecule has 0 aromatic heterocycles. The Morgan fingerprint density at radius 1 is 1.18 bits per heavy atom. The monoisotopic (exact) mass is 321 g/mol. The summed E-state index contributed by atoms with van der Waals surface area (Å²) >= 11 is 5.41. The summed E-state index contributed by atoms with van der Waals surface area (Å²) in [5.74, 6) is 0.490. The van der Waals surface area contributed by atoms with Crippen LogP contribution in [0.2, 0.25) is 0 Å². The van der Waals surface area contributed by atoms with E-state index in [1.54, 1.807) is 0 Å². The molecule has 1 aromatic carbocycles. The molecule has 0 atom stereocenters. The number of amides is 1. The van der Waals surface area contributed by atoms with E-state index >= 15 is 0 Å². The van der Waals surface area contributed by atoms with Gasteiger partial charge in [-0.2, -0.15) is 0 Å². The molecule has 0 radical (unpaired) electrons. The number of nitrogens with zero attached hydrogens (tertiary/aromatic N) is 1. The number of carbonyl (C=O) groups excluding carboxylic acids is 1. The van der Waals surface area contributed by atoms with E-state index in [1.165, 1.54) is 5.56 Å². The predicted molar refractivity (Wildman–Crippen MR) is 97.3 cm³/mol. The quantitative estimate of drug-likeness (QED) is 0.789. The predicted octanol–water partition coefficient (Wildman–Crippen LogP) is 3.35. The molecule has 0 heterocycles. The van der Waals surface area contributed by atoms with E-state index in [1.807, 2.05) is 37.8 Å². The lowest BCUT2D eigenvalue weighted by Crippen LogP contribution is -2.44. The molecule has 22 heavy (non-hydrogen) atoms. The highest BCUT2D eigenvalue weighted by molar-refractivity contribution is 7.80. The van der Waals surface area contributed by atoms with E-state index in [0.29, 0.717) is 17.6 Å². The average Bonchev–Trinajstić information content (AvgIpc) is 2.44. The van der Waals surface area contributed by atoms with Gasteiger partial charge in [0.15, 0.2) is 5.11 Å². The van der Waals surface area contributed by atoms with Crippen LogP contribution in [-0.4, -0.2) is 35.1 Å². The van der Waals surface area contributed by atoms with Gasteiger partial charge in [0.25, 0.3) is 0 Å². The average molecular weight is 321 g/mol. The smallest absolute Gasteiger partial charge is 0.239 e. The first-order chi connectivity index (χ1) is 10.3. The minimum Gasteiger partial charge on any atom is -0.352 e. The first kappa shape index (κ1) is 18.4. The van der Waals surface area contributed by atoms with Crippen LogP contribution in [0.5, 0.6) is 0 Å². The molecule has 0 fully saturated rings. The Kier molecular flexibility index (Phi) is 7.32. The number of thiocarbonyl (C=S) groups is 1. The molecule has 5 heteroatoms. The van der Waals surface area contributed by atoms with E-state index in [2.05, 4.69) is 36.6 Å². The molecule has 0 aliphatic carbocycles. The summed E-state index contributed by atoms with van der Waals surface area (Å²) < 4.78 is 0. The highest BCUT2D eigenvalue weighted by Gasteiger charge is 2.13. The van der Waals surface area contributed by atoms with Gasteiger partial charge in [0.05, 0.1) is 6.54 Å². The molecule has 1 amide bonds. The van der Waals surface area contributed by atoms with Crippen LogP contribution in [0.4, 0.5) is 5.69 Å². The Morgan fingerprint density at radius 3 is 2.23 bits per heavy atom. The zero-order valence-electron chi connectivity index (χ0n) is 14.1. The highest BCUT2D eigenvalue weighted by Crippen LogP contribution is 2.17. The molecule has 0 aliphatic heterocycles. The maximum absolute atomic E-state index is 11.9. The third kappa shape index (κ3) is 6.02. The van der Waals surface area contributed by atoms with Crippen LogP contribution in [0.15, 0.2) is 24.3 Å². The minimum atomic E-state index is -0.0174. The van der Waals surface area contributed by atoms with Crippen molar-refractivity contribution in [2.75, 3.05) is 18.4 Å². The second kappa shape index (κ2) is 8.73. The van der Waals surface area contributed by atoms with Crippen LogP contribution < -0.4 is 10.6 Å². The van der Waals surface area contributed by atoms with Gasteiger partial charge in [-0.1, -0.05) is 26.0 Å². The number of carbonyl (C=O) groups is 1. The normalized spacial score (nSPS) is 10.7. The van der Waals surface area contributed by atoms with Gasteiger partial charge in [-0.3, -0.25) is 4.79 Å². The SMILES string of the molecule is CCN(CC(=O)NC(C)C)C(=S)Nc1ccc(C(C)C)cc1. The standard InChI is InChI=1S/C17H27N3OS/c1-6-20(11-16(21)18-13(4)5)17(22)19-15-9-7-14(8-10-15)12(2)3/h7-10,12-13H,6,11H2,1-5H3,(H,18,21)(H,19,22). The zero-order chi connectivity index (χ0) is 16.7. The van der Waals surface area contributed by atoms with Crippen molar-refractivity contribution in [1.82, 2.24) is 10.2 Å². The fourth-order valence-corrected chi connectivity index (χ4v) is 2.33. The molecule has 1 aromatic rings. The van der Waals surface area contributed by atoms with Crippen molar-refractivity contribution in [2.45, 2.75) is 46.6 Å². The molecule has 1 rings (SSSR count). The van der Waals surface area contributed by atoms with Gasteiger partial charge >= 0.3 is 0 Å². The molecule has 2 N–H and O–H groups in total. The molecule has 4 nitrogen and oxygen atoms in total. The Balaban J connectivity index is 2.62. The fourth-order valence-electron chi connectivity index (χ4n) is 2.02. The maximum atomic E-state index is 11.9. The molecule has 0 saturated heterocycles. The van der Waals surface area contributed by atoms with Gasteiger partial charge in [0.1, 0.15) is 0 Å². The zero-order valence-corrected chi connectivity index (χ0v) is 15.0. The molecule has 0 unspecified atom stereocenters. The number of anilines is 1. The Bertz CT molecular complexity index is 497. The number of benzene rings is 1. The summed E-state index contributed by atoms with van der Waals surface area (Å²) in [5.41, 5.74) is 2.23. The number of hydrogen-bond acceptors (Lipinski definition) is 2. The van der Waals surface area contributed by atoms with E-state index < -0.39 is 0 Å². The van der Waals surface area contributed by atoms with Crippen LogP contribution in [0.3, 0.4) is 0 Å². The van der Waals surface area contributed by atoms with Crippen molar-refractivity contribution in [1.29, 1.82) is 0 Å². The Hall–Kier alpha value is -1.62. The van der Waals surface area contributed by atoms with E-state index in [0.717, 1.165) is 5.69 Å². The third-order valence-electron chi connectivity index (χ3n) is 3.28. The summed E-state index contributed by atoms with van der Waals surface area (Å²) in [6.45, 7) is 11.2. The van der Waals surface area contributed by atoms with Crippen molar-refractivity contribution >= 4 is 28.9 Å². The van der Waals surface area contributed by atoms with Gasteiger partial charge in [0, 0.05) is 18.3 Å². The number of likely N-dealkylation sites (N-methyl/N-ethyl adjacent to an activating group) is 1. The number of hydrogen-bond donors (Lipinski definition) is 2. The first-order valence-electron chi connectivity index (χ1n) is 7.78. The van der Waals surface area contributed by atoms with Gasteiger partial charge in [-0.05, 0) is 56.6 Å². The summed E-state index contributed by atoms with van der Waals surface area (Å²) in [4.78, 5) is 13.7. The lowest BCUT2D eigenvalue weighted by molar-refractivity contribution is -0.121. The Labute approximate surface area is 139 Å². The lowest BCUT2D eigenvalue weighted by Gasteiger charge is -2.24. The van der Waals surface area contributed by atoms with Crippen molar-refractivity contribution in [2.24, 2.45) is 0 Å². The summed E-state index contributed by atoms with van der Waals surface area (Å²) in [5, 5.41) is 6.64. The number of rotatable bonds is 6. The van der Waals surface area contributed by atoms with Gasteiger partial charge in [0.2, 0.25) is 5.91 Å². The molecule has 0 aliphatic rings. The largest absolute Gasteiger partial charge is 0.352 e. The first-order valence-corrected chi connectivity index (χ1v) is 8.19. The van der Waals surface area contributed by atoms with Crippen LogP contribution in [0.1, 0.15) is 46.1 Å².